The number of hydrogen-bond donors (Lipinski definition) is 2. The van der Waals surface area contributed by atoms with Gasteiger partial charge in [-0.3, -0.25) is 9.48 Å². The molecule has 0 fully saturated rings. The molecule has 0 aliphatic carbocycles. The molecule has 2 rings (SSSR count). The molecular formula is C14H17BrN4O. The molecule has 0 spiro atoms. The van der Waals surface area contributed by atoms with E-state index in [9.17, 15) is 4.79 Å². The number of carbonyl (C=O) groups excluding carboxylic acids is 1. The zero-order chi connectivity index (χ0) is 14.5. The summed E-state index contributed by atoms with van der Waals surface area (Å²) in [6.45, 7) is 2.21. The van der Waals surface area contributed by atoms with Crippen molar-refractivity contribution in [3.8, 4) is 0 Å². The van der Waals surface area contributed by atoms with E-state index in [1.165, 1.54) is 10.2 Å². The first-order chi connectivity index (χ1) is 9.58. The van der Waals surface area contributed by atoms with Crippen molar-refractivity contribution in [3.05, 3.63) is 46.7 Å². The summed E-state index contributed by atoms with van der Waals surface area (Å²) in [5.74, 6) is -0.403. The lowest BCUT2D eigenvalue weighted by atomic mass is 10.0. The summed E-state index contributed by atoms with van der Waals surface area (Å²) in [5.41, 5.74) is 7.22. The van der Waals surface area contributed by atoms with Crippen LogP contribution in [0.5, 0.6) is 0 Å². The van der Waals surface area contributed by atoms with E-state index in [4.69, 9.17) is 5.73 Å². The molecule has 20 heavy (non-hydrogen) atoms. The number of amides is 1. The van der Waals surface area contributed by atoms with Crippen LogP contribution in [-0.2, 0) is 11.3 Å². The lowest BCUT2D eigenvalue weighted by Gasteiger charge is -2.17. The minimum Gasteiger partial charge on any atom is -0.376 e. The fourth-order valence-electron chi connectivity index (χ4n) is 2.00. The van der Waals surface area contributed by atoms with E-state index in [-0.39, 0.29) is 12.6 Å². The molecule has 1 aromatic carbocycles. The van der Waals surface area contributed by atoms with Gasteiger partial charge in [-0.2, -0.15) is 5.10 Å². The van der Waals surface area contributed by atoms with Crippen LogP contribution in [0.15, 0.2) is 41.1 Å². The summed E-state index contributed by atoms with van der Waals surface area (Å²) in [4.78, 5) is 10.8. The number of halogens is 1. The molecule has 2 aromatic rings. The van der Waals surface area contributed by atoms with Crippen LogP contribution in [-0.4, -0.2) is 15.7 Å². The average Bonchev–Trinajstić information content (AvgIpc) is 2.83. The van der Waals surface area contributed by atoms with Crippen LogP contribution in [0.1, 0.15) is 24.9 Å². The van der Waals surface area contributed by atoms with Crippen LogP contribution in [0.3, 0.4) is 0 Å². The molecule has 1 amide bonds. The van der Waals surface area contributed by atoms with Crippen LogP contribution in [0.25, 0.3) is 0 Å². The number of hydrogen-bond acceptors (Lipinski definition) is 3. The Hall–Kier alpha value is -1.82. The Balaban J connectivity index is 2.08. The highest BCUT2D eigenvalue weighted by atomic mass is 79.9. The monoisotopic (exact) mass is 336 g/mol. The second-order valence-corrected chi connectivity index (χ2v) is 5.47. The number of nitrogens with one attached hydrogen (secondary N) is 1. The van der Waals surface area contributed by atoms with Crippen molar-refractivity contribution in [1.29, 1.82) is 0 Å². The van der Waals surface area contributed by atoms with Gasteiger partial charge in [0, 0.05) is 10.7 Å². The molecule has 1 atom stereocenters. The second kappa shape index (κ2) is 6.56. The van der Waals surface area contributed by atoms with Gasteiger partial charge < -0.3 is 11.1 Å². The Bertz CT molecular complexity index is 579. The van der Waals surface area contributed by atoms with Crippen molar-refractivity contribution >= 4 is 27.5 Å². The number of rotatable bonds is 6. The van der Waals surface area contributed by atoms with Gasteiger partial charge in [0.1, 0.15) is 6.54 Å². The first-order valence-electron chi connectivity index (χ1n) is 6.41. The van der Waals surface area contributed by atoms with E-state index < -0.39 is 5.91 Å². The van der Waals surface area contributed by atoms with Gasteiger partial charge in [0.25, 0.3) is 0 Å². The first-order valence-corrected chi connectivity index (χ1v) is 7.20. The maximum Gasteiger partial charge on any atom is 0.239 e. The molecule has 0 aliphatic heterocycles. The van der Waals surface area contributed by atoms with E-state index in [0.717, 1.165) is 16.6 Å². The lowest BCUT2D eigenvalue weighted by molar-refractivity contribution is -0.118. The third kappa shape index (κ3) is 3.84. The van der Waals surface area contributed by atoms with Gasteiger partial charge in [0.05, 0.1) is 17.9 Å². The fourth-order valence-corrected chi connectivity index (χ4v) is 2.27. The zero-order valence-electron chi connectivity index (χ0n) is 11.2. The number of carbonyl (C=O) groups is 1. The largest absolute Gasteiger partial charge is 0.376 e. The summed E-state index contributed by atoms with van der Waals surface area (Å²) >= 11 is 3.43. The molecule has 1 unspecified atom stereocenters. The molecule has 0 bridgehead atoms. The highest BCUT2D eigenvalue weighted by Gasteiger charge is 2.10. The van der Waals surface area contributed by atoms with E-state index in [0.29, 0.717) is 0 Å². The molecular weight excluding hydrogens is 320 g/mol. The summed E-state index contributed by atoms with van der Waals surface area (Å²) in [6.07, 6.45) is 4.43. The van der Waals surface area contributed by atoms with Crippen molar-refractivity contribution < 1.29 is 4.79 Å². The van der Waals surface area contributed by atoms with Gasteiger partial charge in [-0.05, 0) is 24.1 Å². The van der Waals surface area contributed by atoms with Crippen LogP contribution >= 0.6 is 15.9 Å². The Labute approximate surface area is 126 Å². The predicted molar refractivity (Wildman–Crippen MR) is 82.2 cm³/mol. The quantitative estimate of drug-likeness (QED) is 0.851. The van der Waals surface area contributed by atoms with Crippen molar-refractivity contribution in [3.63, 3.8) is 0 Å². The minimum absolute atomic E-state index is 0.0940. The van der Waals surface area contributed by atoms with Gasteiger partial charge in [-0.15, -0.1) is 0 Å². The van der Waals surface area contributed by atoms with E-state index >= 15 is 0 Å². The van der Waals surface area contributed by atoms with Crippen LogP contribution < -0.4 is 11.1 Å². The fraction of sp³-hybridized carbons (Fsp3) is 0.286. The van der Waals surface area contributed by atoms with Crippen molar-refractivity contribution in [1.82, 2.24) is 9.78 Å². The topological polar surface area (TPSA) is 72.9 Å². The summed E-state index contributed by atoms with van der Waals surface area (Å²) in [7, 11) is 0. The third-order valence-electron chi connectivity index (χ3n) is 2.97. The van der Waals surface area contributed by atoms with Crippen molar-refractivity contribution in [2.24, 2.45) is 5.73 Å². The summed E-state index contributed by atoms with van der Waals surface area (Å²) in [5, 5.41) is 7.50. The van der Waals surface area contributed by atoms with Gasteiger partial charge in [-0.1, -0.05) is 35.0 Å². The van der Waals surface area contributed by atoms with E-state index in [1.807, 2.05) is 12.1 Å². The second-order valence-electron chi connectivity index (χ2n) is 4.55. The third-order valence-corrected chi connectivity index (χ3v) is 3.50. The van der Waals surface area contributed by atoms with E-state index in [2.05, 4.69) is 45.4 Å². The van der Waals surface area contributed by atoms with Crippen molar-refractivity contribution in [2.75, 3.05) is 5.32 Å². The van der Waals surface area contributed by atoms with E-state index in [1.54, 1.807) is 12.4 Å². The number of aromatic nitrogens is 2. The maximum absolute atomic E-state index is 10.8. The molecule has 0 saturated carbocycles. The number of nitrogens with zero attached hydrogens (tertiary/aromatic N) is 2. The van der Waals surface area contributed by atoms with Crippen LogP contribution in [0.4, 0.5) is 5.69 Å². The SMILES string of the molecule is CCC(Nc1cnn(CC(N)=O)c1)c1ccc(Br)cc1. The van der Waals surface area contributed by atoms with Gasteiger partial charge in [0.2, 0.25) is 5.91 Å². The minimum atomic E-state index is -0.403. The van der Waals surface area contributed by atoms with Crippen LogP contribution in [0, 0.1) is 0 Å². The summed E-state index contributed by atoms with van der Waals surface area (Å²) < 4.78 is 2.59. The number of primary amides is 1. The average molecular weight is 337 g/mol. The standard InChI is InChI=1S/C14H17BrN4O/c1-2-13(10-3-5-11(15)6-4-10)18-12-7-17-19(8-12)9-14(16)20/h3-8,13,18H,2,9H2,1H3,(H2,16,20). The molecule has 1 heterocycles. The lowest BCUT2D eigenvalue weighted by Crippen LogP contribution is -2.18. The van der Waals surface area contributed by atoms with Crippen LogP contribution in [0.2, 0.25) is 0 Å². The highest BCUT2D eigenvalue weighted by molar-refractivity contribution is 9.10. The highest BCUT2D eigenvalue weighted by Crippen LogP contribution is 2.23. The number of benzene rings is 1. The molecule has 0 aliphatic rings. The Morgan fingerprint density at radius 3 is 2.75 bits per heavy atom. The van der Waals surface area contributed by atoms with Gasteiger partial charge in [-0.25, -0.2) is 0 Å². The first kappa shape index (κ1) is 14.6. The smallest absolute Gasteiger partial charge is 0.239 e. The molecule has 1 aromatic heterocycles. The van der Waals surface area contributed by atoms with Gasteiger partial charge in [0.15, 0.2) is 0 Å². The Morgan fingerprint density at radius 1 is 1.45 bits per heavy atom. The molecule has 0 saturated heterocycles. The maximum atomic E-state index is 10.8. The number of nitrogens with two attached hydrogens (primary N) is 1. The normalized spacial score (nSPS) is 12.1. The zero-order valence-corrected chi connectivity index (χ0v) is 12.8. The molecule has 3 N–H and O–H groups in total. The van der Waals surface area contributed by atoms with Gasteiger partial charge >= 0.3 is 0 Å². The Morgan fingerprint density at radius 2 is 2.15 bits per heavy atom. The molecule has 6 heteroatoms. The molecule has 5 nitrogen and oxygen atoms in total. The predicted octanol–water partition coefficient (Wildman–Crippen LogP) is 2.69. The summed E-state index contributed by atoms with van der Waals surface area (Å²) in [6, 6.07) is 8.42. The molecule has 106 valence electrons. The van der Waals surface area contributed by atoms with Crippen molar-refractivity contribution in [2.45, 2.75) is 25.9 Å². The number of anilines is 1. The Kier molecular flexibility index (Phi) is 4.79. The molecule has 0 radical (unpaired) electrons.